The van der Waals surface area contributed by atoms with Crippen LogP contribution in [0.4, 0.5) is 0 Å². The van der Waals surface area contributed by atoms with Crippen molar-refractivity contribution >= 4 is 11.8 Å². The molecule has 18 heavy (non-hydrogen) atoms. The molecule has 0 radical (unpaired) electrons. The lowest BCUT2D eigenvalue weighted by atomic mass is 10.4. The van der Waals surface area contributed by atoms with E-state index < -0.39 is 0 Å². The average Bonchev–Trinajstić information content (AvgIpc) is 3.10. The van der Waals surface area contributed by atoms with Crippen molar-refractivity contribution in [1.29, 1.82) is 0 Å². The molecule has 0 amide bonds. The van der Waals surface area contributed by atoms with Crippen LogP contribution < -0.4 is 5.32 Å². The molecule has 1 N–H and O–H groups in total. The van der Waals surface area contributed by atoms with Crippen molar-refractivity contribution < 1.29 is 0 Å². The average molecular weight is 269 g/mol. The minimum Gasteiger partial charge on any atom is -0.308 e. The van der Waals surface area contributed by atoms with Crippen molar-refractivity contribution in [1.82, 2.24) is 25.2 Å². The number of likely N-dealkylation sites (N-methyl/N-ethyl adjacent to an activating group) is 1. The summed E-state index contributed by atoms with van der Waals surface area (Å²) in [4.78, 5) is 2.33. The fraction of sp³-hybridized carbons (Fsp3) is 0.833. The van der Waals surface area contributed by atoms with Crippen molar-refractivity contribution in [2.24, 2.45) is 0 Å². The zero-order chi connectivity index (χ0) is 12.8. The van der Waals surface area contributed by atoms with E-state index in [1.54, 1.807) is 0 Å². The molecular formula is C12H23N5S. The zero-order valence-electron chi connectivity index (χ0n) is 11.3. The maximum absolute atomic E-state index is 4.18. The van der Waals surface area contributed by atoms with Gasteiger partial charge < -0.3 is 10.2 Å². The number of rotatable bonds is 9. The number of thioether (sulfide) groups is 1. The molecule has 1 aliphatic carbocycles. The molecule has 2 rings (SSSR count). The van der Waals surface area contributed by atoms with E-state index in [4.69, 9.17) is 0 Å². The van der Waals surface area contributed by atoms with Crippen LogP contribution in [0, 0.1) is 0 Å². The third-order valence-corrected chi connectivity index (χ3v) is 3.71. The SMILES string of the molecule is CSCCN(C)CCn1cc(CNC2CC2)nn1. The van der Waals surface area contributed by atoms with Gasteiger partial charge in [0.1, 0.15) is 0 Å². The summed E-state index contributed by atoms with van der Waals surface area (Å²) in [5, 5.41) is 11.8. The summed E-state index contributed by atoms with van der Waals surface area (Å²) in [6.45, 7) is 3.93. The predicted molar refractivity (Wildman–Crippen MR) is 75.8 cm³/mol. The fourth-order valence-electron chi connectivity index (χ4n) is 1.70. The quantitative estimate of drug-likeness (QED) is 0.719. The van der Waals surface area contributed by atoms with Gasteiger partial charge in [0.05, 0.1) is 12.2 Å². The topological polar surface area (TPSA) is 46.0 Å². The molecule has 1 saturated carbocycles. The summed E-state index contributed by atoms with van der Waals surface area (Å²) >= 11 is 1.89. The molecule has 0 atom stereocenters. The van der Waals surface area contributed by atoms with E-state index in [-0.39, 0.29) is 0 Å². The Morgan fingerprint density at radius 1 is 1.50 bits per heavy atom. The minimum absolute atomic E-state index is 0.729. The van der Waals surface area contributed by atoms with E-state index in [0.717, 1.165) is 37.9 Å². The number of hydrogen-bond acceptors (Lipinski definition) is 5. The first-order valence-corrected chi connectivity index (χ1v) is 7.97. The maximum atomic E-state index is 4.18. The number of nitrogens with one attached hydrogen (secondary N) is 1. The van der Waals surface area contributed by atoms with Gasteiger partial charge in [0.15, 0.2) is 0 Å². The van der Waals surface area contributed by atoms with Crippen LogP contribution in [0.25, 0.3) is 0 Å². The molecule has 1 fully saturated rings. The smallest absolute Gasteiger partial charge is 0.0964 e. The van der Waals surface area contributed by atoms with E-state index in [0.29, 0.717) is 0 Å². The van der Waals surface area contributed by atoms with Crippen LogP contribution in [0.15, 0.2) is 6.20 Å². The third-order valence-electron chi connectivity index (χ3n) is 3.12. The normalized spacial score (nSPS) is 15.5. The predicted octanol–water partition coefficient (Wildman–Crippen LogP) is 0.825. The van der Waals surface area contributed by atoms with Crippen molar-refractivity contribution in [3.63, 3.8) is 0 Å². The lowest BCUT2D eigenvalue weighted by molar-refractivity contribution is 0.328. The summed E-state index contributed by atoms with van der Waals surface area (Å²) in [6.07, 6.45) is 6.82. The van der Waals surface area contributed by atoms with Gasteiger partial charge >= 0.3 is 0 Å². The Morgan fingerprint density at radius 3 is 3.06 bits per heavy atom. The molecular weight excluding hydrogens is 246 g/mol. The largest absolute Gasteiger partial charge is 0.308 e. The van der Waals surface area contributed by atoms with E-state index in [1.165, 1.54) is 18.6 Å². The number of hydrogen-bond donors (Lipinski definition) is 1. The van der Waals surface area contributed by atoms with E-state index in [9.17, 15) is 0 Å². The van der Waals surface area contributed by atoms with Gasteiger partial charge in [-0.05, 0) is 26.1 Å². The van der Waals surface area contributed by atoms with Gasteiger partial charge in [0.25, 0.3) is 0 Å². The Morgan fingerprint density at radius 2 is 2.33 bits per heavy atom. The second-order valence-electron chi connectivity index (χ2n) is 4.92. The molecule has 5 nitrogen and oxygen atoms in total. The van der Waals surface area contributed by atoms with Crippen LogP contribution >= 0.6 is 11.8 Å². The highest BCUT2D eigenvalue weighted by Gasteiger charge is 2.20. The molecule has 0 saturated heterocycles. The second-order valence-corrected chi connectivity index (χ2v) is 5.91. The first-order valence-electron chi connectivity index (χ1n) is 6.58. The van der Waals surface area contributed by atoms with Gasteiger partial charge in [-0.3, -0.25) is 4.68 Å². The zero-order valence-corrected chi connectivity index (χ0v) is 12.1. The lowest BCUT2D eigenvalue weighted by Gasteiger charge is -2.15. The highest BCUT2D eigenvalue weighted by Crippen LogP contribution is 2.18. The monoisotopic (exact) mass is 269 g/mol. The second kappa shape index (κ2) is 7.11. The highest BCUT2D eigenvalue weighted by molar-refractivity contribution is 7.98. The van der Waals surface area contributed by atoms with Crippen molar-refractivity contribution in [3.05, 3.63) is 11.9 Å². The molecule has 1 heterocycles. The first kappa shape index (κ1) is 13.8. The van der Waals surface area contributed by atoms with Gasteiger partial charge in [-0.1, -0.05) is 5.21 Å². The first-order chi connectivity index (χ1) is 8.78. The Bertz CT molecular complexity index is 350. The summed E-state index contributed by atoms with van der Waals surface area (Å²) in [7, 11) is 2.16. The molecule has 102 valence electrons. The third kappa shape index (κ3) is 4.96. The molecule has 1 aromatic rings. The summed E-state index contributed by atoms with van der Waals surface area (Å²) in [5.74, 6) is 1.18. The van der Waals surface area contributed by atoms with Crippen LogP contribution in [-0.4, -0.2) is 58.1 Å². The van der Waals surface area contributed by atoms with Crippen molar-refractivity contribution in [2.45, 2.75) is 32.0 Å². The Labute approximate surface area is 113 Å². The van der Waals surface area contributed by atoms with Gasteiger partial charge in [0.2, 0.25) is 0 Å². The van der Waals surface area contributed by atoms with Gasteiger partial charge in [0, 0.05) is 37.6 Å². The Kier molecular flexibility index (Phi) is 5.46. The Hall–Kier alpha value is -0.590. The molecule has 0 unspecified atom stereocenters. The van der Waals surface area contributed by atoms with E-state index in [2.05, 4.69) is 40.0 Å². The van der Waals surface area contributed by atoms with Crippen molar-refractivity contribution in [2.75, 3.05) is 32.1 Å². The molecule has 1 aliphatic rings. The van der Waals surface area contributed by atoms with Gasteiger partial charge in [-0.25, -0.2) is 0 Å². The summed E-state index contributed by atoms with van der Waals surface area (Å²) in [6, 6.07) is 0.729. The van der Waals surface area contributed by atoms with Crippen LogP contribution in [0.1, 0.15) is 18.5 Å². The van der Waals surface area contributed by atoms with Crippen LogP contribution in [-0.2, 0) is 13.1 Å². The summed E-state index contributed by atoms with van der Waals surface area (Å²) in [5.41, 5.74) is 1.05. The molecule has 0 spiro atoms. The van der Waals surface area contributed by atoms with Crippen molar-refractivity contribution in [3.8, 4) is 0 Å². The fourth-order valence-corrected chi connectivity index (χ4v) is 2.19. The van der Waals surface area contributed by atoms with Crippen LogP contribution in [0.2, 0.25) is 0 Å². The van der Waals surface area contributed by atoms with Gasteiger partial charge in [-0.2, -0.15) is 11.8 Å². The van der Waals surface area contributed by atoms with E-state index >= 15 is 0 Å². The minimum atomic E-state index is 0.729. The summed E-state index contributed by atoms with van der Waals surface area (Å²) < 4.78 is 1.94. The Balaban J connectivity index is 1.65. The highest BCUT2D eigenvalue weighted by atomic mass is 32.2. The number of nitrogens with zero attached hydrogens (tertiary/aromatic N) is 4. The van der Waals surface area contributed by atoms with Crippen LogP contribution in [0.3, 0.4) is 0 Å². The molecule has 0 aliphatic heterocycles. The molecule has 1 aromatic heterocycles. The van der Waals surface area contributed by atoms with Crippen LogP contribution in [0.5, 0.6) is 0 Å². The molecule has 0 bridgehead atoms. The van der Waals surface area contributed by atoms with Gasteiger partial charge in [-0.15, -0.1) is 5.10 Å². The maximum Gasteiger partial charge on any atom is 0.0964 e. The standard InChI is InChI=1S/C12H23N5S/c1-16(7-8-18-2)5-6-17-10-12(14-15-17)9-13-11-3-4-11/h10-11,13H,3-9H2,1-2H3. The molecule has 6 heteroatoms. The lowest BCUT2D eigenvalue weighted by Crippen LogP contribution is -2.25. The molecule has 0 aromatic carbocycles. The van der Waals surface area contributed by atoms with E-state index in [1.807, 2.05) is 16.4 Å². The number of aromatic nitrogens is 3.